The maximum atomic E-state index is 4.43. The van der Waals surface area contributed by atoms with E-state index in [4.69, 9.17) is 0 Å². The molecule has 1 aliphatic heterocycles. The van der Waals surface area contributed by atoms with Crippen molar-refractivity contribution in [3.63, 3.8) is 0 Å². The molecule has 2 heterocycles. The molecule has 100 valence electrons. The molecule has 0 spiro atoms. The van der Waals surface area contributed by atoms with Crippen LogP contribution in [0, 0.1) is 12.3 Å². The second-order valence-electron chi connectivity index (χ2n) is 6.07. The standard InChI is InChI=1S/C15H25N3/c1-5-16-9-13-10-17-12(2)8-14(13)18-7-6-15(3,4)11-18/h8,10,16H,5-7,9,11H2,1-4H3. The first-order valence-corrected chi connectivity index (χ1v) is 6.93. The zero-order valence-electron chi connectivity index (χ0n) is 12.1. The molecule has 2 rings (SSSR count). The van der Waals surface area contributed by atoms with Crippen LogP contribution in [0.1, 0.15) is 38.4 Å². The van der Waals surface area contributed by atoms with Crippen LogP contribution in [0.2, 0.25) is 0 Å². The molecule has 1 saturated heterocycles. The molecule has 18 heavy (non-hydrogen) atoms. The van der Waals surface area contributed by atoms with Crippen LogP contribution < -0.4 is 10.2 Å². The Labute approximate surface area is 111 Å². The van der Waals surface area contributed by atoms with Gasteiger partial charge in [-0.25, -0.2) is 0 Å². The first kappa shape index (κ1) is 13.3. The minimum atomic E-state index is 0.437. The van der Waals surface area contributed by atoms with Crippen LogP contribution in [0.3, 0.4) is 0 Å². The summed E-state index contributed by atoms with van der Waals surface area (Å²) in [5, 5.41) is 3.40. The molecule has 0 aromatic carbocycles. The molecule has 0 bridgehead atoms. The summed E-state index contributed by atoms with van der Waals surface area (Å²) in [6, 6.07) is 2.23. The highest BCUT2D eigenvalue weighted by Crippen LogP contribution is 2.34. The molecule has 1 N–H and O–H groups in total. The summed E-state index contributed by atoms with van der Waals surface area (Å²) in [6.07, 6.45) is 3.30. The SMILES string of the molecule is CCNCc1cnc(C)cc1N1CCC(C)(C)C1. The van der Waals surface area contributed by atoms with Gasteiger partial charge in [0.05, 0.1) is 0 Å². The van der Waals surface area contributed by atoms with Crippen molar-refractivity contribution in [3.05, 3.63) is 23.5 Å². The van der Waals surface area contributed by atoms with E-state index in [9.17, 15) is 0 Å². The van der Waals surface area contributed by atoms with E-state index in [2.05, 4.69) is 49.0 Å². The molecule has 3 nitrogen and oxygen atoms in total. The molecule has 1 aromatic rings. The third-order valence-corrected chi connectivity index (χ3v) is 3.68. The normalized spacial score (nSPS) is 18.3. The van der Waals surface area contributed by atoms with Crippen molar-refractivity contribution in [1.29, 1.82) is 0 Å². The van der Waals surface area contributed by atoms with Crippen molar-refractivity contribution < 1.29 is 0 Å². The van der Waals surface area contributed by atoms with E-state index >= 15 is 0 Å². The Balaban J connectivity index is 2.22. The summed E-state index contributed by atoms with van der Waals surface area (Å²) in [4.78, 5) is 6.95. The van der Waals surface area contributed by atoms with Crippen LogP contribution in [0.4, 0.5) is 5.69 Å². The van der Waals surface area contributed by atoms with Crippen molar-refractivity contribution in [2.45, 2.75) is 40.7 Å². The molecule has 0 unspecified atom stereocenters. The van der Waals surface area contributed by atoms with Gasteiger partial charge in [-0.15, -0.1) is 0 Å². The second kappa shape index (κ2) is 5.27. The molecule has 1 fully saturated rings. The van der Waals surface area contributed by atoms with Crippen LogP contribution in [-0.4, -0.2) is 24.6 Å². The Morgan fingerprint density at radius 2 is 2.22 bits per heavy atom. The lowest BCUT2D eigenvalue weighted by Gasteiger charge is -2.24. The summed E-state index contributed by atoms with van der Waals surface area (Å²) >= 11 is 0. The zero-order chi connectivity index (χ0) is 13.2. The highest BCUT2D eigenvalue weighted by Gasteiger charge is 2.30. The third kappa shape index (κ3) is 3.02. The number of anilines is 1. The van der Waals surface area contributed by atoms with Crippen LogP contribution >= 0.6 is 0 Å². The molecule has 0 saturated carbocycles. The number of rotatable bonds is 4. The van der Waals surface area contributed by atoms with Crippen molar-refractivity contribution in [3.8, 4) is 0 Å². The molecule has 3 heteroatoms. The van der Waals surface area contributed by atoms with Crippen molar-refractivity contribution >= 4 is 5.69 Å². The number of nitrogens with one attached hydrogen (secondary N) is 1. The monoisotopic (exact) mass is 247 g/mol. The zero-order valence-corrected chi connectivity index (χ0v) is 12.1. The van der Waals surface area contributed by atoms with Gasteiger partial charge in [0.15, 0.2) is 0 Å². The van der Waals surface area contributed by atoms with Gasteiger partial charge < -0.3 is 10.2 Å². The molecular weight excluding hydrogens is 222 g/mol. The second-order valence-corrected chi connectivity index (χ2v) is 6.07. The smallest absolute Gasteiger partial charge is 0.0445 e. The summed E-state index contributed by atoms with van der Waals surface area (Å²) in [5.74, 6) is 0. The van der Waals surface area contributed by atoms with Crippen LogP contribution in [0.5, 0.6) is 0 Å². The van der Waals surface area contributed by atoms with Crippen molar-refractivity contribution in [1.82, 2.24) is 10.3 Å². The Hall–Kier alpha value is -1.09. The predicted octanol–water partition coefficient (Wildman–Crippen LogP) is 2.74. The fourth-order valence-electron chi connectivity index (χ4n) is 2.58. The van der Waals surface area contributed by atoms with Crippen LogP contribution in [-0.2, 0) is 6.54 Å². The van der Waals surface area contributed by atoms with Gasteiger partial charge in [-0.1, -0.05) is 20.8 Å². The van der Waals surface area contributed by atoms with Gasteiger partial charge in [0.1, 0.15) is 0 Å². The molecule has 0 amide bonds. The quantitative estimate of drug-likeness (QED) is 0.886. The lowest BCUT2D eigenvalue weighted by molar-refractivity contribution is 0.418. The number of nitrogens with zero attached hydrogens (tertiary/aromatic N) is 2. The largest absolute Gasteiger partial charge is 0.371 e. The highest BCUT2D eigenvalue weighted by atomic mass is 15.2. The number of aromatic nitrogens is 1. The predicted molar refractivity (Wildman–Crippen MR) is 77.0 cm³/mol. The summed E-state index contributed by atoms with van der Waals surface area (Å²) < 4.78 is 0. The lowest BCUT2D eigenvalue weighted by Crippen LogP contribution is -2.25. The number of hydrogen-bond donors (Lipinski definition) is 1. The minimum Gasteiger partial charge on any atom is -0.371 e. The number of aryl methyl sites for hydroxylation is 1. The van der Waals surface area contributed by atoms with Crippen molar-refractivity contribution in [2.24, 2.45) is 5.41 Å². The number of pyridine rings is 1. The molecule has 1 aromatic heterocycles. The van der Waals surface area contributed by atoms with Gasteiger partial charge >= 0.3 is 0 Å². The van der Waals surface area contributed by atoms with Gasteiger partial charge in [0.2, 0.25) is 0 Å². The molecule has 1 aliphatic rings. The molecule has 0 atom stereocenters. The summed E-state index contributed by atoms with van der Waals surface area (Å²) in [5.41, 5.74) is 4.23. The van der Waals surface area contributed by atoms with Gasteiger partial charge in [0.25, 0.3) is 0 Å². The van der Waals surface area contributed by atoms with Crippen molar-refractivity contribution in [2.75, 3.05) is 24.5 Å². The maximum Gasteiger partial charge on any atom is 0.0445 e. The van der Waals surface area contributed by atoms with E-state index in [1.54, 1.807) is 0 Å². The minimum absolute atomic E-state index is 0.437. The maximum absolute atomic E-state index is 4.43. The van der Waals surface area contributed by atoms with Crippen LogP contribution in [0.25, 0.3) is 0 Å². The van der Waals surface area contributed by atoms with E-state index in [1.165, 1.54) is 17.7 Å². The van der Waals surface area contributed by atoms with E-state index < -0.39 is 0 Å². The van der Waals surface area contributed by atoms with Crippen LogP contribution in [0.15, 0.2) is 12.3 Å². The Morgan fingerprint density at radius 3 is 2.83 bits per heavy atom. The first-order chi connectivity index (χ1) is 8.52. The summed E-state index contributed by atoms with van der Waals surface area (Å²) in [6.45, 7) is 13.1. The topological polar surface area (TPSA) is 28.2 Å². The molecule has 0 aliphatic carbocycles. The average molecular weight is 247 g/mol. The number of hydrogen-bond acceptors (Lipinski definition) is 3. The Morgan fingerprint density at radius 1 is 1.44 bits per heavy atom. The fourth-order valence-corrected chi connectivity index (χ4v) is 2.58. The highest BCUT2D eigenvalue weighted by molar-refractivity contribution is 5.54. The van der Waals surface area contributed by atoms with Gasteiger partial charge in [0, 0.05) is 42.8 Å². The fraction of sp³-hybridized carbons (Fsp3) is 0.667. The van der Waals surface area contributed by atoms with E-state index in [0.29, 0.717) is 5.41 Å². The van der Waals surface area contributed by atoms with Gasteiger partial charge in [-0.2, -0.15) is 0 Å². The van der Waals surface area contributed by atoms with E-state index in [-0.39, 0.29) is 0 Å². The molecule has 0 radical (unpaired) electrons. The Kier molecular flexibility index (Phi) is 3.91. The van der Waals surface area contributed by atoms with E-state index in [1.807, 2.05) is 6.20 Å². The van der Waals surface area contributed by atoms with E-state index in [0.717, 1.165) is 31.9 Å². The average Bonchev–Trinajstić information content (AvgIpc) is 2.68. The third-order valence-electron chi connectivity index (χ3n) is 3.68. The summed E-state index contributed by atoms with van der Waals surface area (Å²) in [7, 11) is 0. The van der Waals surface area contributed by atoms with Gasteiger partial charge in [-0.3, -0.25) is 4.98 Å². The van der Waals surface area contributed by atoms with Gasteiger partial charge in [-0.05, 0) is 31.4 Å². The first-order valence-electron chi connectivity index (χ1n) is 6.93. The Bertz CT molecular complexity index is 412. The lowest BCUT2D eigenvalue weighted by atomic mass is 9.93. The molecular formula is C15H25N3.